The van der Waals surface area contributed by atoms with E-state index >= 15 is 0 Å². The van der Waals surface area contributed by atoms with Gasteiger partial charge in [-0.2, -0.15) is 0 Å². The molecule has 0 saturated carbocycles. The molecule has 1 aromatic rings. The van der Waals surface area contributed by atoms with E-state index in [0.717, 1.165) is 8.95 Å². The summed E-state index contributed by atoms with van der Waals surface area (Å²) in [7, 11) is 3.27. The molecular formula is C12H17Br2NO2. The number of ether oxygens (including phenoxy) is 2. The Hall–Kier alpha value is 0.0600. The lowest BCUT2D eigenvalue weighted by atomic mass is 10.1. The molecule has 17 heavy (non-hydrogen) atoms. The minimum atomic E-state index is -0.216. The van der Waals surface area contributed by atoms with Gasteiger partial charge in [0.1, 0.15) is 0 Å². The van der Waals surface area contributed by atoms with Gasteiger partial charge in [0.15, 0.2) is 6.29 Å². The molecule has 3 nitrogen and oxygen atoms in total. The molecule has 0 aliphatic heterocycles. The number of halogens is 2. The predicted octanol–water partition coefficient (Wildman–Crippen LogP) is 3.48. The van der Waals surface area contributed by atoms with Crippen molar-refractivity contribution in [2.75, 3.05) is 20.8 Å². The van der Waals surface area contributed by atoms with Gasteiger partial charge in [0.2, 0.25) is 0 Å². The zero-order chi connectivity index (χ0) is 12.8. The van der Waals surface area contributed by atoms with Crippen LogP contribution in [0.2, 0.25) is 0 Å². The topological polar surface area (TPSA) is 30.5 Å². The number of nitrogens with one attached hydrogen (secondary N) is 1. The highest BCUT2D eigenvalue weighted by atomic mass is 79.9. The summed E-state index contributed by atoms with van der Waals surface area (Å²) in [5.41, 5.74) is 1.21. The van der Waals surface area contributed by atoms with Crippen LogP contribution >= 0.6 is 31.9 Å². The predicted molar refractivity (Wildman–Crippen MR) is 76.1 cm³/mol. The highest BCUT2D eigenvalue weighted by molar-refractivity contribution is 9.11. The maximum Gasteiger partial charge on any atom is 0.169 e. The third-order valence-electron chi connectivity index (χ3n) is 2.55. The Kier molecular flexibility index (Phi) is 6.66. The van der Waals surface area contributed by atoms with Crippen LogP contribution in [0.15, 0.2) is 27.1 Å². The molecule has 0 heterocycles. The van der Waals surface area contributed by atoms with Crippen molar-refractivity contribution in [3.63, 3.8) is 0 Å². The Balaban J connectivity index is 2.60. The normalized spacial score (nSPS) is 13.1. The number of hydrogen-bond acceptors (Lipinski definition) is 3. The molecule has 0 bridgehead atoms. The van der Waals surface area contributed by atoms with Crippen molar-refractivity contribution in [2.24, 2.45) is 0 Å². The first-order valence-electron chi connectivity index (χ1n) is 5.32. The van der Waals surface area contributed by atoms with Crippen LogP contribution in [-0.4, -0.2) is 27.1 Å². The quantitative estimate of drug-likeness (QED) is 0.782. The number of benzene rings is 1. The van der Waals surface area contributed by atoms with E-state index in [-0.39, 0.29) is 12.3 Å². The van der Waals surface area contributed by atoms with Crippen LogP contribution in [0, 0.1) is 0 Å². The monoisotopic (exact) mass is 365 g/mol. The van der Waals surface area contributed by atoms with E-state index in [1.54, 1.807) is 14.2 Å². The molecule has 5 heteroatoms. The van der Waals surface area contributed by atoms with Crippen LogP contribution in [0.3, 0.4) is 0 Å². The summed E-state index contributed by atoms with van der Waals surface area (Å²) in [6.45, 7) is 2.76. The summed E-state index contributed by atoms with van der Waals surface area (Å²) >= 11 is 7.00. The molecule has 0 radical (unpaired) electrons. The number of methoxy groups -OCH3 is 2. The first-order chi connectivity index (χ1) is 8.08. The lowest BCUT2D eigenvalue weighted by molar-refractivity contribution is -0.0997. The zero-order valence-electron chi connectivity index (χ0n) is 10.2. The van der Waals surface area contributed by atoms with Crippen LogP contribution in [0.5, 0.6) is 0 Å². The SMILES string of the molecule is COC(CNC(C)c1ccc(Br)cc1Br)OC. The third kappa shape index (κ3) is 4.67. The standard InChI is InChI=1S/C12H17Br2NO2/c1-8(15-7-12(16-2)17-3)10-5-4-9(13)6-11(10)14/h4-6,8,12,15H,7H2,1-3H3. The summed E-state index contributed by atoms with van der Waals surface area (Å²) in [4.78, 5) is 0. The van der Waals surface area contributed by atoms with Gasteiger partial charge in [0, 0.05) is 35.8 Å². The minimum absolute atomic E-state index is 0.216. The molecule has 0 saturated heterocycles. The van der Waals surface area contributed by atoms with Crippen LogP contribution in [0.4, 0.5) is 0 Å². The van der Waals surface area contributed by atoms with Gasteiger partial charge < -0.3 is 14.8 Å². The first-order valence-corrected chi connectivity index (χ1v) is 6.91. The summed E-state index contributed by atoms with van der Waals surface area (Å²) in [6, 6.07) is 6.38. The van der Waals surface area contributed by atoms with E-state index in [1.807, 2.05) is 12.1 Å². The lowest BCUT2D eigenvalue weighted by Gasteiger charge is -2.19. The van der Waals surface area contributed by atoms with Gasteiger partial charge in [-0.25, -0.2) is 0 Å². The fourth-order valence-corrected chi connectivity index (χ4v) is 2.89. The maximum atomic E-state index is 5.13. The molecule has 0 fully saturated rings. The molecule has 1 rings (SSSR count). The van der Waals surface area contributed by atoms with E-state index in [4.69, 9.17) is 9.47 Å². The van der Waals surface area contributed by atoms with Crippen molar-refractivity contribution in [1.29, 1.82) is 0 Å². The van der Waals surface area contributed by atoms with Crippen LogP contribution < -0.4 is 5.32 Å². The highest BCUT2D eigenvalue weighted by Gasteiger charge is 2.12. The van der Waals surface area contributed by atoms with Crippen molar-refractivity contribution >= 4 is 31.9 Å². The van der Waals surface area contributed by atoms with Gasteiger partial charge in [0.25, 0.3) is 0 Å². The molecular weight excluding hydrogens is 350 g/mol. The number of hydrogen-bond donors (Lipinski definition) is 1. The Morgan fingerprint density at radius 2 is 1.88 bits per heavy atom. The molecule has 0 aliphatic rings. The van der Waals surface area contributed by atoms with E-state index in [2.05, 4.69) is 50.2 Å². The maximum absolute atomic E-state index is 5.13. The Bertz CT molecular complexity index is 356. The molecule has 0 amide bonds. The van der Waals surface area contributed by atoms with Gasteiger partial charge in [-0.05, 0) is 24.6 Å². The molecule has 0 aliphatic carbocycles. The fraction of sp³-hybridized carbons (Fsp3) is 0.500. The van der Waals surface area contributed by atoms with Crippen LogP contribution in [0.1, 0.15) is 18.5 Å². The van der Waals surface area contributed by atoms with Gasteiger partial charge in [-0.1, -0.05) is 37.9 Å². The molecule has 1 N–H and O–H groups in total. The summed E-state index contributed by atoms with van der Waals surface area (Å²) in [6.07, 6.45) is -0.216. The van der Waals surface area contributed by atoms with E-state index in [0.29, 0.717) is 6.54 Å². The Labute approximate surface area is 119 Å². The van der Waals surface area contributed by atoms with E-state index in [1.165, 1.54) is 5.56 Å². The van der Waals surface area contributed by atoms with Crippen molar-refractivity contribution in [3.8, 4) is 0 Å². The van der Waals surface area contributed by atoms with Gasteiger partial charge in [-0.15, -0.1) is 0 Å². The van der Waals surface area contributed by atoms with Crippen LogP contribution in [-0.2, 0) is 9.47 Å². The van der Waals surface area contributed by atoms with Crippen LogP contribution in [0.25, 0.3) is 0 Å². The molecule has 1 atom stereocenters. The highest BCUT2D eigenvalue weighted by Crippen LogP contribution is 2.26. The smallest absolute Gasteiger partial charge is 0.169 e. The largest absolute Gasteiger partial charge is 0.355 e. The van der Waals surface area contributed by atoms with Crippen molar-refractivity contribution in [3.05, 3.63) is 32.7 Å². The Morgan fingerprint density at radius 3 is 2.41 bits per heavy atom. The second kappa shape index (κ2) is 7.48. The molecule has 0 spiro atoms. The third-order valence-corrected chi connectivity index (χ3v) is 3.73. The summed E-state index contributed by atoms with van der Waals surface area (Å²) < 4.78 is 12.4. The molecule has 96 valence electrons. The molecule has 1 unspecified atom stereocenters. The summed E-state index contributed by atoms with van der Waals surface area (Å²) in [5, 5.41) is 3.37. The Morgan fingerprint density at radius 1 is 1.24 bits per heavy atom. The van der Waals surface area contributed by atoms with E-state index < -0.39 is 0 Å². The zero-order valence-corrected chi connectivity index (χ0v) is 13.3. The van der Waals surface area contributed by atoms with Gasteiger partial charge in [0.05, 0.1) is 0 Å². The van der Waals surface area contributed by atoms with Crippen molar-refractivity contribution < 1.29 is 9.47 Å². The average Bonchev–Trinajstić information content (AvgIpc) is 2.30. The first kappa shape index (κ1) is 15.1. The second-order valence-corrected chi connectivity index (χ2v) is 5.47. The van der Waals surface area contributed by atoms with Crippen molar-refractivity contribution in [2.45, 2.75) is 19.3 Å². The second-order valence-electron chi connectivity index (χ2n) is 3.70. The number of rotatable bonds is 6. The lowest BCUT2D eigenvalue weighted by Crippen LogP contribution is -2.31. The fourth-order valence-electron chi connectivity index (χ4n) is 1.50. The van der Waals surface area contributed by atoms with E-state index in [9.17, 15) is 0 Å². The molecule has 1 aromatic carbocycles. The molecule has 0 aromatic heterocycles. The minimum Gasteiger partial charge on any atom is -0.355 e. The van der Waals surface area contributed by atoms with Crippen molar-refractivity contribution in [1.82, 2.24) is 5.32 Å². The summed E-state index contributed by atoms with van der Waals surface area (Å²) in [5.74, 6) is 0. The van der Waals surface area contributed by atoms with Gasteiger partial charge in [-0.3, -0.25) is 0 Å². The van der Waals surface area contributed by atoms with Gasteiger partial charge >= 0.3 is 0 Å². The average molecular weight is 367 g/mol.